The second kappa shape index (κ2) is 8.09. The van der Waals surface area contributed by atoms with Gasteiger partial charge in [0.25, 0.3) is 5.91 Å². The number of H-pyrrole nitrogens is 1. The number of benzene rings is 1. The molecule has 2 aliphatic rings. The van der Waals surface area contributed by atoms with E-state index in [0.29, 0.717) is 0 Å². The van der Waals surface area contributed by atoms with Crippen LogP contribution in [0.2, 0.25) is 0 Å². The van der Waals surface area contributed by atoms with Gasteiger partial charge in [0.2, 0.25) is 5.60 Å². The molecule has 180 valence electrons. The van der Waals surface area contributed by atoms with Gasteiger partial charge in [0.1, 0.15) is 5.65 Å². The van der Waals surface area contributed by atoms with Crippen LogP contribution in [0.1, 0.15) is 48.1 Å². The first-order valence-corrected chi connectivity index (χ1v) is 11.4. The molecule has 0 bridgehead atoms. The molecule has 0 radical (unpaired) electrons. The third kappa shape index (κ3) is 3.58. The zero-order valence-corrected chi connectivity index (χ0v) is 19.3. The highest BCUT2D eigenvalue weighted by atomic mass is 19.4. The summed E-state index contributed by atoms with van der Waals surface area (Å²) in [6, 6.07) is 6.25. The van der Waals surface area contributed by atoms with E-state index in [1.54, 1.807) is 6.20 Å². The standard InChI is InChI=1S/C25H27F3N4O2/c1-14-10-30-22-18(14)9-16(11-31-22)15-7-17-12-32(23(33)24(2,34-3)25(26,27)28)13-20(17)19(8-15)21-5-4-6-29-21/h7-11,21,29H,4-6,12-13H2,1-3H3,(H,30,31)/t21-,24?/m0/s1. The van der Waals surface area contributed by atoms with Crippen LogP contribution in [0.4, 0.5) is 13.2 Å². The lowest BCUT2D eigenvalue weighted by atomic mass is 9.91. The monoisotopic (exact) mass is 472 g/mol. The van der Waals surface area contributed by atoms with Crippen LogP contribution in [-0.2, 0) is 22.6 Å². The molecule has 2 aliphatic heterocycles. The zero-order valence-electron chi connectivity index (χ0n) is 19.3. The number of hydrogen-bond acceptors (Lipinski definition) is 4. The highest BCUT2D eigenvalue weighted by molar-refractivity contribution is 5.87. The summed E-state index contributed by atoms with van der Waals surface area (Å²) in [7, 11) is 0.923. The van der Waals surface area contributed by atoms with Crippen molar-refractivity contribution in [3.8, 4) is 11.1 Å². The molecular formula is C25H27F3N4O2. The molecule has 4 heterocycles. The number of carbonyl (C=O) groups is 1. The summed E-state index contributed by atoms with van der Waals surface area (Å²) < 4.78 is 45.8. The van der Waals surface area contributed by atoms with Crippen molar-refractivity contribution in [1.29, 1.82) is 0 Å². The number of nitrogens with one attached hydrogen (secondary N) is 2. The van der Waals surface area contributed by atoms with Crippen LogP contribution in [0.5, 0.6) is 0 Å². The molecule has 6 nitrogen and oxygen atoms in total. The SMILES string of the molecule is COC(C)(C(=O)N1Cc2cc(-c3cnc4[nH]cc(C)c4c3)cc([C@@H]3CCCN3)c2C1)C(F)(F)F. The number of aromatic amines is 1. The van der Waals surface area contributed by atoms with Crippen LogP contribution in [0, 0.1) is 6.92 Å². The van der Waals surface area contributed by atoms with Crippen LogP contribution in [-0.4, -0.2) is 46.2 Å². The van der Waals surface area contributed by atoms with Crippen LogP contribution in [0.25, 0.3) is 22.2 Å². The van der Waals surface area contributed by atoms with Gasteiger partial charge in [-0.15, -0.1) is 0 Å². The van der Waals surface area contributed by atoms with Crippen molar-refractivity contribution in [2.75, 3.05) is 13.7 Å². The first kappa shape index (κ1) is 22.9. The van der Waals surface area contributed by atoms with Crippen molar-refractivity contribution in [2.45, 2.75) is 57.6 Å². The number of aryl methyl sites for hydroxylation is 1. The fourth-order valence-electron chi connectivity index (χ4n) is 5.03. The van der Waals surface area contributed by atoms with Gasteiger partial charge in [-0.1, -0.05) is 0 Å². The summed E-state index contributed by atoms with van der Waals surface area (Å²) in [4.78, 5) is 21.9. The fourth-order valence-corrected chi connectivity index (χ4v) is 5.03. The largest absolute Gasteiger partial charge is 0.426 e. The number of nitrogens with zero attached hydrogens (tertiary/aromatic N) is 2. The summed E-state index contributed by atoms with van der Waals surface area (Å²) in [5, 5.41) is 4.52. The Morgan fingerprint density at radius 3 is 2.68 bits per heavy atom. The molecular weight excluding hydrogens is 445 g/mol. The lowest BCUT2D eigenvalue weighted by Gasteiger charge is -2.32. The van der Waals surface area contributed by atoms with Crippen LogP contribution in [0.15, 0.2) is 30.6 Å². The maximum absolute atomic E-state index is 13.7. The van der Waals surface area contributed by atoms with Gasteiger partial charge in [0.05, 0.1) is 0 Å². The van der Waals surface area contributed by atoms with E-state index in [2.05, 4.69) is 27.4 Å². The van der Waals surface area contributed by atoms with Crippen molar-refractivity contribution in [3.63, 3.8) is 0 Å². The van der Waals surface area contributed by atoms with E-state index in [9.17, 15) is 18.0 Å². The molecule has 0 saturated carbocycles. The molecule has 2 atom stereocenters. The number of pyridine rings is 1. The Kier molecular flexibility index (Phi) is 5.44. The number of hydrogen-bond donors (Lipinski definition) is 2. The Morgan fingerprint density at radius 2 is 2.00 bits per heavy atom. The molecule has 1 amide bonds. The summed E-state index contributed by atoms with van der Waals surface area (Å²) in [6.07, 6.45) is 0.864. The Balaban J connectivity index is 1.56. The summed E-state index contributed by atoms with van der Waals surface area (Å²) >= 11 is 0. The molecule has 3 aromatic rings. The number of rotatable bonds is 4. The molecule has 5 rings (SSSR count). The van der Waals surface area contributed by atoms with Gasteiger partial charge in [0, 0.05) is 49.6 Å². The minimum absolute atomic E-state index is 0.103. The zero-order chi connectivity index (χ0) is 24.3. The minimum Gasteiger partial charge on any atom is -0.361 e. The Morgan fingerprint density at radius 1 is 1.21 bits per heavy atom. The maximum atomic E-state index is 13.7. The van der Waals surface area contributed by atoms with Gasteiger partial charge in [-0.3, -0.25) is 4.79 Å². The van der Waals surface area contributed by atoms with Crippen molar-refractivity contribution < 1.29 is 22.7 Å². The lowest BCUT2D eigenvalue weighted by Crippen LogP contribution is -2.56. The number of halogens is 3. The molecule has 2 N–H and O–H groups in total. The van der Waals surface area contributed by atoms with Gasteiger partial charge >= 0.3 is 6.18 Å². The number of amides is 1. The van der Waals surface area contributed by atoms with E-state index in [4.69, 9.17) is 4.74 Å². The van der Waals surface area contributed by atoms with Crippen LogP contribution >= 0.6 is 0 Å². The quantitative estimate of drug-likeness (QED) is 0.574. The van der Waals surface area contributed by atoms with Crippen LogP contribution in [0.3, 0.4) is 0 Å². The minimum atomic E-state index is -4.82. The van der Waals surface area contributed by atoms with Gasteiger partial charge in [-0.2, -0.15) is 13.2 Å². The highest BCUT2D eigenvalue weighted by Crippen LogP contribution is 2.41. The number of carbonyl (C=O) groups excluding carboxylic acids is 1. The number of methoxy groups -OCH3 is 1. The summed E-state index contributed by atoms with van der Waals surface area (Å²) in [5.74, 6) is -1.07. The maximum Gasteiger partial charge on any atom is 0.426 e. The fraction of sp³-hybridized carbons (Fsp3) is 0.440. The first-order valence-electron chi connectivity index (χ1n) is 11.4. The molecule has 1 saturated heterocycles. The van der Waals surface area contributed by atoms with Gasteiger partial charge in [-0.05, 0) is 79.3 Å². The van der Waals surface area contributed by atoms with Crippen molar-refractivity contribution in [3.05, 3.63) is 52.8 Å². The molecule has 0 aliphatic carbocycles. The Hall–Kier alpha value is -2.91. The summed E-state index contributed by atoms with van der Waals surface area (Å²) in [6.45, 7) is 3.93. The molecule has 1 aromatic carbocycles. The summed E-state index contributed by atoms with van der Waals surface area (Å²) in [5.41, 5.74) is 3.71. The number of alkyl halides is 3. The van der Waals surface area contributed by atoms with Gasteiger partial charge < -0.3 is 19.9 Å². The number of fused-ring (bicyclic) bond motifs is 2. The first-order chi connectivity index (χ1) is 16.1. The Labute approximate surface area is 195 Å². The van der Waals surface area contributed by atoms with Gasteiger partial charge in [0.15, 0.2) is 0 Å². The average molecular weight is 473 g/mol. The van der Waals surface area contributed by atoms with Crippen molar-refractivity contribution in [2.24, 2.45) is 0 Å². The van der Waals surface area contributed by atoms with E-state index >= 15 is 0 Å². The number of ether oxygens (including phenoxy) is 1. The van der Waals surface area contributed by atoms with Crippen molar-refractivity contribution in [1.82, 2.24) is 20.2 Å². The predicted octanol–water partition coefficient (Wildman–Crippen LogP) is 4.77. The highest BCUT2D eigenvalue weighted by Gasteiger charge is 2.59. The third-order valence-corrected chi connectivity index (χ3v) is 7.24. The predicted molar refractivity (Wildman–Crippen MR) is 122 cm³/mol. The van der Waals surface area contributed by atoms with Crippen LogP contribution < -0.4 is 5.32 Å². The van der Waals surface area contributed by atoms with E-state index < -0.39 is 17.7 Å². The normalized spacial score (nSPS) is 20.1. The second-order valence-electron chi connectivity index (χ2n) is 9.34. The lowest BCUT2D eigenvalue weighted by molar-refractivity contribution is -0.258. The van der Waals surface area contributed by atoms with E-state index in [1.165, 1.54) is 4.90 Å². The van der Waals surface area contributed by atoms with Crippen molar-refractivity contribution >= 4 is 16.9 Å². The van der Waals surface area contributed by atoms with E-state index in [0.717, 1.165) is 77.8 Å². The van der Waals surface area contributed by atoms with E-state index in [1.807, 2.05) is 19.2 Å². The number of aromatic nitrogens is 2. The topological polar surface area (TPSA) is 70.2 Å². The molecule has 1 unspecified atom stereocenters. The molecule has 0 spiro atoms. The smallest absolute Gasteiger partial charge is 0.361 e. The van der Waals surface area contributed by atoms with E-state index in [-0.39, 0.29) is 19.1 Å². The molecule has 1 fully saturated rings. The molecule has 9 heteroatoms. The Bertz CT molecular complexity index is 1260. The third-order valence-electron chi connectivity index (χ3n) is 7.24. The second-order valence-corrected chi connectivity index (χ2v) is 9.34. The average Bonchev–Trinajstić information content (AvgIpc) is 3.56. The molecule has 34 heavy (non-hydrogen) atoms. The van der Waals surface area contributed by atoms with Gasteiger partial charge in [-0.25, -0.2) is 4.98 Å². The molecule has 2 aromatic heterocycles.